The molecule has 0 spiro atoms. The Bertz CT molecular complexity index is 420. The van der Waals surface area contributed by atoms with Gasteiger partial charge in [0.2, 0.25) is 0 Å². The fourth-order valence-corrected chi connectivity index (χ4v) is 2.53. The molecule has 1 rings (SSSR count). The zero-order chi connectivity index (χ0) is 10.2. The van der Waals surface area contributed by atoms with Crippen LogP contribution in [0.15, 0.2) is 17.0 Å². The standard InChI is InChI=1S/C6H5Cl2NO3S/c7-4-1-3(9)2-5(8)6(4)13(10,11)12/h1-2H,9H2,(H,10,11,12). The lowest BCUT2D eigenvalue weighted by Gasteiger charge is -2.04. The number of nitrogen functional groups attached to an aromatic ring is 1. The van der Waals surface area contributed by atoms with Gasteiger partial charge in [0.1, 0.15) is 4.90 Å². The zero-order valence-electron chi connectivity index (χ0n) is 6.16. The number of hydrogen-bond donors (Lipinski definition) is 2. The molecule has 1 aromatic carbocycles. The number of hydrogen-bond acceptors (Lipinski definition) is 3. The quantitative estimate of drug-likeness (QED) is 0.581. The highest BCUT2D eigenvalue weighted by Gasteiger charge is 2.19. The van der Waals surface area contributed by atoms with Crippen LogP contribution < -0.4 is 5.73 Å². The molecule has 0 heterocycles. The van der Waals surface area contributed by atoms with Crippen LogP contribution in [-0.4, -0.2) is 13.0 Å². The van der Waals surface area contributed by atoms with E-state index in [9.17, 15) is 8.42 Å². The summed E-state index contributed by atoms with van der Waals surface area (Å²) in [6, 6.07) is 2.38. The van der Waals surface area contributed by atoms with Crippen molar-refractivity contribution in [2.75, 3.05) is 5.73 Å². The SMILES string of the molecule is Nc1cc(Cl)c(S(=O)(=O)O)c(Cl)c1. The predicted octanol–water partition coefficient (Wildman–Crippen LogP) is 1.82. The van der Waals surface area contributed by atoms with Crippen molar-refractivity contribution in [3.05, 3.63) is 22.2 Å². The Morgan fingerprint density at radius 3 is 1.92 bits per heavy atom. The average molecular weight is 242 g/mol. The van der Waals surface area contributed by atoms with E-state index >= 15 is 0 Å². The first-order valence-corrected chi connectivity index (χ1v) is 5.24. The van der Waals surface area contributed by atoms with Crippen molar-refractivity contribution in [3.63, 3.8) is 0 Å². The van der Waals surface area contributed by atoms with E-state index in [1.807, 2.05) is 0 Å². The van der Waals surface area contributed by atoms with Crippen LogP contribution >= 0.6 is 23.2 Å². The summed E-state index contributed by atoms with van der Waals surface area (Å²) in [5.41, 5.74) is 5.55. The van der Waals surface area contributed by atoms with Gasteiger partial charge in [-0.25, -0.2) is 0 Å². The van der Waals surface area contributed by atoms with Crippen LogP contribution in [0.3, 0.4) is 0 Å². The lowest BCUT2D eigenvalue weighted by atomic mass is 10.3. The van der Waals surface area contributed by atoms with Gasteiger partial charge in [-0.3, -0.25) is 4.55 Å². The van der Waals surface area contributed by atoms with Gasteiger partial charge in [-0.1, -0.05) is 23.2 Å². The van der Waals surface area contributed by atoms with E-state index < -0.39 is 15.0 Å². The normalized spacial score (nSPS) is 11.6. The molecule has 0 unspecified atom stereocenters. The van der Waals surface area contributed by atoms with Gasteiger partial charge in [0, 0.05) is 5.69 Å². The second-order valence-electron chi connectivity index (χ2n) is 2.29. The first kappa shape index (κ1) is 10.6. The molecule has 0 aromatic heterocycles. The first-order valence-electron chi connectivity index (χ1n) is 3.04. The van der Waals surface area contributed by atoms with Gasteiger partial charge in [-0.05, 0) is 12.1 Å². The van der Waals surface area contributed by atoms with E-state index in [1.165, 1.54) is 12.1 Å². The molecular formula is C6H5Cl2NO3S. The van der Waals surface area contributed by atoms with E-state index in [0.717, 1.165) is 0 Å². The lowest BCUT2D eigenvalue weighted by Crippen LogP contribution is -2.01. The van der Waals surface area contributed by atoms with E-state index in [2.05, 4.69) is 0 Å². The van der Waals surface area contributed by atoms with Crippen molar-refractivity contribution in [1.29, 1.82) is 0 Å². The third-order valence-electron chi connectivity index (χ3n) is 1.28. The Labute approximate surface area is 85.0 Å². The summed E-state index contributed by atoms with van der Waals surface area (Å²) >= 11 is 11.0. The minimum absolute atomic E-state index is 0.201. The van der Waals surface area contributed by atoms with Crippen molar-refractivity contribution in [2.24, 2.45) is 0 Å². The summed E-state index contributed by atoms with van der Waals surface area (Å²) in [6.07, 6.45) is 0. The lowest BCUT2D eigenvalue weighted by molar-refractivity contribution is 0.483. The van der Waals surface area contributed by atoms with Gasteiger partial charge in [0.05, 0.1) is 10.0 Å². The third-order valence-corrected chi connectivity index (χ3v) is 3.05. The van der Waals surface area contributed by atoms with Crippen molar-refractivity contribution in [2.45, 2.75) is 4.90 Å². The van der Waals surface area contributed by atoms with Crippen LogP contribution in [0, 0.1) is 0 Å². The summed E-state index contributed by atoms with van der Waals surface area (Å²) in [5.74, 6) is 0. The highest BCUT2D eigenvalue weighted by molar-refractivity contribution is 7.86. The summed E-state index contributed by atoms with van der Waals surface area (Å²) < 4.78 is 30.2. The van der Waals surface area contributed by atoms with Gasteiger partial charge in [-0.2, -0.15) is 8.42 Å². The van der Waals surface area contributed by atoms with Gasteiger partial charge in [0.15, 0.2) is 0 Å². The van der Waals surface area contributed by atoms with Crippen molar-refractivity contribution < 1.29 is 13.0 Å². The van der Waals surface area contributed by atoms with Gasteiger partial charge in [0.25, 0.3) is 10.1 Å². The molecule has 1 aromatic rings. The minimum atomic E-state index is -4.40. The van der Waals surface area contributed by atoms with Crippen LogP contribution in [0.2, 0.25) is 10.0 Å². The van der Waals surface area contributed by atoms with Crippen LogP contribution in [0.5, 0.6) is 0 Å². The predicted molar refractivity (Wildman–Crippen MR) is 50.7 cm³/mol. The van der Waals surface area contributed by atoms with Gasteiger partial charge >= 0.3 is 0 Å². The number of anilines is 1. The summed E-state index contributed by atoms with van der Waals surface area (Å²) in [4.78, 5) is -0.523. The maximum Gasteiger partial charge on any atom is 0.297 e. The molecule has 13 heavy (non-hydrogen) atoms. The van der Waals surface area contributed by atoms with Crippen LogP contribution in [0.4, 0.5) is 5.69 Å². The van der Waals surface area contributed by atoms with Gasteiger partial charge in [-0.15, -0.1) is 0 Å². The number of rotatable bonds is 1. The third kappa shape index (κ3) is 2.25. The molecule has 72 valence electrons. The molecular weight excluding hydrogens is 237 g/mol. The van der Waals surface area contributed by atoms with Crippen molar-refractivity contribution in [1.82, 2.24) is 0 Å². The van der Waals surface area contributed by atoms with Crippen molar-refractivity contribution in [3.8, 4) is 0 Å². The number of benzene rings is 1. The first-order chi connectivity index (χ1) is 5.82. The second-order valence-corrected chi connectivity index (χ2v) is 4.46. The number of halogens is 2. The Hall–Kier alpha value is -0.490. The Morgan fingerprint density at radius 1 is 1.23 bits per heavy atom. The summed E-state index contributed by atoms with van der Waals surface area (Å²) in [5, 5.41) is -0.403. The van der Waals surface area contributed by atoms with Crippen LogP contribution in [-0.2, 0) is 10.1 Å². The van der Waals surface area contributed by atoms with E-state index in [1.54, 1.807) is 0 Å². The van der Waals surface area contributed by atoms with Gasteiger partial charge < -0.3 is 5.73 Å². The fraction of sp³-hybridized carbons (Fsp3) is 0. The monoisotopic (exact) mass is 241 g/mol. The maximum atomic E-state index is 10.7. The smallest absolute Gasteiger partial charge is 0.297 e. The topological polar surface area (TPSA) is 80.4 Å². The second kappa shape index (κ2) is 3.34. The molecule has 0 saturated heterocycles. The number of nitrogens with two attached hydrogens (primary N) is 1. The largest absolute Gasteiger partial charge is 0.399 e. The molecule has 0 aliphatic rings. The summed E-state index contributed by atoms with van der Waals surface area (Å²) in [7, 11) is -4.40. The molecule has 0 radical (unpaired) electrons. The fourth-order valence-electron chi connectivity index (χ4n) is 0.826. The van der Waals surface area contributed by atoms with E-state index in [0.29, 0.717) is 0 Å². The maximum absolute atomic E-state index is 10.7. The molecule has 0 aliphatic carbocycles. The average Bonchev–Trinajstić information content (AvgIpc) is 1.78. The highest BCUT2D eigenvalue weighted by Crippen LogP contribution is 2.31. The Morgan fingerprint density at radius 2 is 1.62 bits per heavy atom. The summed E-state index contributed by atoms with van der Waals surface area (Å²) in [6.45, 7) is 0. The molecule has 0 amide bonds. The molecule has 0 atom stereocenters. The molecule has 0 saturated carbocycles. The van der Waals surface area contributed by atoms with Crippen LogP contribution in [0.1, 0.15) is 0 Å². The molecule has 0 fully saturated rings. The molecule has 0 aliphatic heterocycles. The van der Waals surface area contributed by atoms with E-state index in [4.69, 9.17) is 33.5 Å². The molecule has 0 bridgehead atoms. The van der Waals surface area contributed by atoms with Crippen LogP contribution in [0.25, 0.3) is 0 Å². The van der Waals surface area contributed by atoms with E-state index in [-0.39, 0.29) is 15.7 Å². The Balaban J connectivity index is 3.57. The molecule has 4 nitrogen and oxygen atoms in total. The molecule has 7 heteroatoms. The Kier molecular flexibility index (Phi) is 2.72. The zero-order valence-corrected chi connectivity index (χ0v) is 8.49. The highest BCUT2D eigenvalue weighted by atomic mass is 35.5. The molecule has 3 N–H and O–H groups in total. The van der Waals surface area contributed by atoms with Crippen molar-refractivity contribution >= 4 is 39.0 Å². The minimum Gasteiger partial charge on any atom is -0.399 e.